The number of esters is 3. The molecule has 0 heterocycles. The van der Waals surface area contributed by atoms with E-state index in [-0.39, 0.29) is 37.5 Å². The van der Waals surface area contributed by atoms with Gasteiger partial charge in [-0.2, -0.15) is 0 Å². The molecule has 0 fully saturated rings. The first kappa shape index (κ1) is 58.8. The second kappa shape index (κ2) is 50.5. The van der Waals surface area contributed by atoms with E-state index in [0.717, 1.165) is 122 Å². The van der Waals surface area contributed by atoms with Gasteiger partial charge in [0.2, 0.25) is 0 Å². The number of allylic oxidation sites excluding steroid dienone is 20. The number of carbonyl (C=O) groups is 3. The van der Waals surface area contributed by atoms with E-state index in [1.165, 1.54) is 25.7 Å². The van der Waals surface area contributed by atoms with Gasteiger partial charge >= 0.3 is 17.9 Å². The Hall–Kier alpha value is -4.19. The van der Waals surface area contributed by atoms with Crippen LogP contribution in [0.5, 0.6) is 0 Å². The summed E-state index contributed by atoms with van der Waals surface area (Å²) in [6.45, 7) is 6.27. The fourth-order valence-corrected chi connectivity index (χ4v) is 6.20. The van der Waals surface area contributed by atoms with E-state index >= 15 is 0 Å². The van der Waals surface area contributed by atoms with Crippen molar-refractivity contribution in [1.82, 2.24) is 0 Å². The molecule has 0 aliphatic carbocycles. The van der Waals surface area contributed by atoms with Gasteiger partial charge in [0.1, 0.15) is 13.2 Å². The molecule has 354 valence electrons. The van der Waals surface area contributed by atoms with Crippen molar-refractivity contribution in [2.45, 2.75) is 207 Å². The third-order valence-electron chi connectivity index (χ3n) is 9.93. The van der Waals surface area contributed by atoms with Crippen LogP contribution in [0.15, 0.2) is 122 Å². The maximum absolute atomic E-state index is 12.8. The topological polar surface area (TPSA) is 78.9 Å². The maximum Gasteiger partial charge on any atom is 0.306 e. The minimum atomic E-state index is -0.818. The minimum Gasteiger partial charge on any atom is -0.462 e. The number of hydrogen-bond donors (Lipinski definition) is 0. The molecule has 0 radical (unpaired) electrons. The third kappa shape index (κ3) is 48.7. The van der Waals surface area contributed by atoms with Gasteiger partial charge in [0.05, 0.1) is 0 Å². The Balaban J connectivity index is 4.54. The highest BCUT2D eigenvalue weighted by Gasteiger charge is 2.19. The van der Waals surface area contributed by atoms with Gasteiger partial charge in [-0.3, -0.25) is 14.4 Å². The lowest BCUT2D eigenvalue weighted by atomic mass is 10.1. The van der Waals surface area contributed by atoms with Crippen molar-refractivity contribution in [3.63, 3.8) is 0 Å². The summed E-state index contributed by atoms with van der Waals surface area (Å²) in [6.07, 6.45) is 69.0. The molecule has 0 saturated carbocycles. The van der Waals surface area contributed by atoms with Crippen molar-refractivity contribution in [2.75, 3.05) is 13.2 Å². The highest BCUT2D eigenvalue weighted by Crippen LogP contribution is 2.12. The van der Waals surface area contributed by atoms with Crippen LogP contribution in [-0.4, -0.2) is 37.2 Å². The lowest BCUT2D eigenvalue weighted by Gasteiger charge is -2.18. The summed E-state index contributed by atoms with van der Waals surface area (Å²) in [6, 6.07) is 0. The predicted molar refractivity (Wildman–Crippen MR) is 269 cm³/mol. The fraction of sp³-hybridized carbons (Fsp3) is 0.596. The lowest BCUT2D eigenvalue weighted by Crippen LogP contribution is -2.30. The van der Waals surface area contributed by atoms with Crippen LogP contribution in [0.4, 0.5) is 0 Å². The highest BCUT2D eigenvalue weighted by molar-refractivity contribution is 5.71. The molecule has 0 aliphatic heterocycles. The van der Waals surface area contributed by atoms with Crippen LogP contribution in [0, 0.1) is 0 Å². The van der Waals surface area contributed by atoms with E-state index in [1.54, 1.807) is 0 Å². The van der Waals surface area contributed by atoms with Gasteiger partial charge in [0.15, 0.2) is 6.10 Å². The molecule has 0 saturated heterocycles. The molecule has 63 heavy (non-hydrogen) atoms. The molecule has 0 N–H and O–H groups in total. The van der Waals surface area contributed by atoms with Gasteiger partial charge < -0.3 is 14.2 Å². The van der Waals surface area contributed by atoms with Crippen molar-refractivity contribution in [1.29, 1.82) is 0 Å². The van der Waals surface area contributed by atoms with Gasteiger partial charge in [0.25, 0.3) is 0 Å². The van der Waals surface area contributed by atoms with Crippen LogP contribution in [-0.2, 0) is 28.6 Å². The Labute approximate surface area is 386 Å². The van der Waals surface area contributed by atoms with Crippen molar-refractivity contribution < 1.29 is 28.6 Å². The monoisotopic (exact) mass is 871 g/mol. The number of ether oxygens (including phenoxy) is 3. The van der Waals surface area contributed by atoms with Gasteiger partial charge in [-0.25, -0.2) is 0 Å². The molecule has 0 aromatic rings. The van der Waals surface area contributed by atoms with Crippen LogP contribution in [0.3, 0.4) is 0 Å². The second-order valence-corrected chi connectivity index (χ2v) is 16.0. The lowest BCUT2D eigenvalue weighted by molar-refractivity contribution is -0.167. The average molecular weight is 871 g/mol. The molecule has 6 nitrogen and oxygen atoms in total. The Morgan fingerprint density at radius 3 is 1.03 bits per heavy atom. The van der Waals surface area contributed by atoms with E-state index < -0.39 is 6.10 Å². The van der Waals surface area contributed by atoms with Crippen molar-refractivity contribution in [3.05, 3.63) is 122 Å². The van der Waals surface area contributed by atoms with Crippen LogP contribution in [0.25, 0.3) is 0 Å². The van der Waals surface area contributed by atoms with Gasteiger partial charge in [-0.1, -0.05) is 181 Å². The molecule has 0 bridgehead atoms. The molecule has 0 aromatic carbocycles. The molecular formula is C57H90O6. The van der Waals surface area contributed by atoms with Crippen LogP contribution < -0.4 is 0 Å². The van der Waals surface area contributed by atoms with E-state index in [0.29, 0.717) is 25.7 Å². The number of hydrogen-bond acceptors (Lipinski definition) is 6. The Morgan fingerprint density at radius 2 is 0.619 bits per heavy atom. The quantitative estimate of drug-likeness (QED) is 0.0263. The fourth-order valence-electron chi connectivity index (χ4n) is 6.20. The molecule has 0 amide bonds. The van der Waals surface area contributed by atoms with E-state index in [4.69, 9.17) is 14.2 Å². The summed E-state index contributed by atoms with van der Waals surface area (Å²) in [4.78, 5) is 37.9. The summed E-state index contributed by atoms with van der Waals surface area (Å²) in [5.74, 6) is -1.01. The molecule has 0 aliphatic rings. The normalized spacial score (nSPS) is 13.1. The number of rotatable bonds is 43. The molecule has 6 heteroatoms. The van der Waals surface area contributed by atoms with E-state index in [2.05, 4.69) is 142 Å². The standard InChI is InChI=1S/C57H90O6/c1-4-7-10-13-16-19-22-24-26-27-28-29-31-33-36-39-42-45-48-51-57(60)63-54(52-61-55(58)49-46-43-40-37-34-21-18-15-12-9-6-3)53-62-56(59)50-47-44-41-38-35-32-30-25-23-20-17-14-11-8-5-2/h7-8,10-11,15-20,24-26,28-30,33,35-36,38,54H,4-6,9,12-14,21-23,27,31-32,34,37,39-53H2,1-3H3/b10-7-,11-8-,18-15-,19-16-,20-17-,26-24-,29-28-,30-25-,36-33-,38-35-/t54-/m0/s1. The first-order valence-corrected chi connectivity index (χ1v) is 25.0. The molecule has 0 rings (SSSR count). The highest BCUT2D eigenvalue weighted by atomic mass is 16.6. The summed E-state index contributed by atoms with van der Waals surface area (Å²) >= 11 is 0. The smallest absolute Gasteiger partial charge is 0.306 e. The number of carbonyl (C=O) groups excluding carboxylic acids is 3. The van der Waals surface area contributed by atoms with E-state index in [1.807, 2.05) is 0 Å². The number of unbranched alkanes of at least 4 members (excludes halogenated alkanes) is 12. The Kier molecular flexibility index (Phi) is 47.1. The zero-order chi connectivity index (χ0) is 45.8. The maximum atomic E-state index is 12.8. The molecule has 0 unspecified atom stereocenters. The van der Waals surface area contributed by atoms with Crippen molar-refractivity contribution in [3.8, 4) is 0 Å². The van der Waals surface area contributed by atoms with Crippen LogP contribution in [0.2, 0.25) is 0 Å². The Bertz CT molecular complexity index is 1370. The SMILES string of the molecule is CC/C=C\C/C=C\C/C=C\C/C=C\C/C=C\CCCCCC(=O)O[C@H](COC(=O)CCCC/C=C\C/C=C\C/C=C\C/C=C\CC)COC(=O)CCCCCCC/C=C\CCCC. The molecular weight excluding hydrogens is 781 g/mol. The molecule has 0 aromatic heterocycles. The van der Waals surface area contributed by atoms with Crippen molar-refractivity contribution in [2.24, 2.45) is 0 Å². The summed E-state index contributed by atoms with van der Waals surface area (Å²) in [5.41, 5.74) is 0. The second-order valence-electron chi connectivity index (χ2n) is 16.0. The first-order chi connectivity index (χ1) is 31.0. The molecule has 0 spiro atoms. The largest absolute Gasteiger partial charge is 0.462 e. The van der Waals surface area contributed by atoms with Crippen LogP contribution in [0.1, 0.15) is 201 Å². The van der Waals surface area contributed by atoms with Crippen LogP contribution >= 0.6 is 0 Å². The van der Waals surface area contributed by atoms with Crippen molar-refractivity contribution >= 4 is 17.9 Å². The third-order valence-corrected chi connectivity index (χ3v) is 9.93. The zero-order valence-electron chi connectivity index (χ0n) is 40.3. The zero-order valence-corrected chi connectivity index (χ0v) is 40.3. The first-order valence-electron chi connectivity index (χ1n) is 25.0. The Morgan fingerprint density at radius 1 is 0.333 bits per heavy atom. The van der Waals surface area contributed by atoms with Gasteiger partial charge in [0, 0.05) is 19.3 Å². The van der Waals surface area contributed by atoms with E-state index in [9.17, 15) is 14.4 Å². The summed E-state index contributed by atoms with van der Waals surface area (Å²) in [5, 5.41) is 0. The molecule has 1 atom stereocenters. The van der Waals surface area contributed by atoms with Gasteiger partial charge in [-0.15, -0.1) is 0 Å². The summed E-state index contributed by atoms with van der Waals surface area (Å²) in [7, 11) is 0. The average Bonchev–Trinajstić information content (AvgIpc) is 3.28. The van der Waals surface area contributed by atoms with Gasteiger partial charge in [-0.05, 0) is 122 Å². The predicted octanol–water partition coefficient (Wildman–Crippen LogP) is 16.5. The summed E-state index contributed by atoms with van der Waals surface area (Å²) < 4.78 is 16.7. The minimum absolute atomic E-state index is 0.113.